The van der Waals surface area contributed by atoms with Crippen molar-refractivity contribution in [2.45, 2.75) is 428 Å². The normalized spacial score (nSPS) is 53.1. The SMILES string of the molecule is C1CCOC1.CC(=O)[C@H]1CC[C@H]2[C@@H]3CC[C@@H]4CC5(CC[C@@H]4[C@H]3CC[C@]12C)CO5.CC(O)[C@H]1CC[C@H]2[C@@H]3CC[C@@H]4CC(=O)CC[C@@H]4[C@H]3CC[C@]12C.CC(O)[C@H]1CC[C@H]2[C@@H]3CC[C@@H]4CC(C)(C)CC[C@@H]4[C@H]3CC[C@]12C.CC(O)[C@H]1CC[C@H]2[C@@H]3CC[C@@H]4CC5(CC[C@@H]4[C@H]3CC[C@]12C)CO5.CC=C1CC[C@H]2[C@@H]3CC[C@@H]4CC(C)(C)CC[C@@H]4[C@H]3CC[C@]12C.[B]. The molecule has 3 saturated heterocycles. The Morgan fingerprint density at radius 2 is 0.697 bits per heavy atom. The monoisotopic (exact) mass is 1640 g/mol. The van der Waals surface area contributed by atoms with Crippen LogP contribution in [-0.4, -0.2) is 91.2 Å². The second-order valence-electron chi connectivity index (χ2n) is 51.5. The molecule has 2 spiro atoms. The number of allylic oxidation sites excluding steroid dienone is 2. The van der Waals surface area contributed by atoms with Crippen molar-refractivity contribution in [1.29, 1.82) is 0 Å². The third-order valence-electron chi connectivity index (χ3n) is 45.5. The van der Waals surface area contributed by atoms with Crippen LogP contribution in [0.4, 0.5) is 0 Å². The van der Waals surface area contributed by atoms with Crippen molar-refractivity contribution >= 4 is 20.0 Å². The van der Waals surface area contributed by atoms with E-state index in [4.69, 9.17) is 14.2 Å². The number of hydrogen-bond acceptors (Lipinski definition) is 8. The van der Waals surface area contributed by atoms with Crippen LogP contribution in [0.15, 0.2) is 11.6 Å². The lowest BCUT2D eigenvalue weighted by Gasteiger charge is -2.57. The zero-order valence-electron chi connectivity index (χ0n) is 79.1. The van der Waals surface area contributed by atoms with Crippen LogP contribution in [0.1, 0.15) is 399 Å². The highest BCUT2D eigenvalue weighted by molar-refractivity contribution is 5.80. The van der Waals surface area contributed by atoms with Crippen LogP contribution in [0.2, 0.25) is 0 Å². The maximum absolute atomic E-state index is 12.2. The van der Waals surface area contributed by atoms with Crippen LogP contribution in [-0.2, 0) is 23.8 Å². The molecule has 0 amide bonds. The molecule has 20 aliphatic carbocycles. The highest BCUT2D eigenvalue weighted by atomic mass is 16.6. The molecule has 3 heterocycles. The zero-order valence-corrected chi connectivity index (χ0v) is 79.1. The Labute approximate surface area is 730 Å². The van der Waals surface area contributed by atoms with Gasteiger partial charge in [-0.3, -0.25) is 9.59 Å². The number of fused-ring (bicyclic) bond motifs is 25. The number of aliphatic hydroxyl groups is 3. The second-order valence-corrected chi connectivity index (χ2v) is 51.5. The number of carbonyl (C=O) groups is 2. The molecule has 0 aromatic carbocycles. The minimum Gasteiger partial charge on any atom is -0.393 e. The first-order valence-electron chi connectivity index (χ1n) is 52.9. The third kappa shape index (κ3) is 16.6. The van der Waals surface area contributed by atoms with Gasteiger partial charge in [-0.1, -0.05) is 74.0 Å². The first-order chi connectivity index (χ1) is 56.3. The van der Waals surface area contributed by atoms with E-state index in [1.807, 2.05) is 33.3 Å². The van der Waals surface area contributed by atoms with Gasteiger partial charge in [0.2, 0.25) is 0 Å². The fourth-order valence-electron chi connectivity index (χ4n) is 39.9. The van der Waals surface area contributed by atoms with Gasteiger partial charge in [0.25, 0.3) is 0 Å². The molecule has 0 aromatic rings. The average Bonchev–Trinajstić information content (AvgIpc) is 1.63. The molecular weight excluding hydrogens is 1460 g/mol. The molecule has 0 bridgehead atoms. The maximum atomic E-state index is 12.2. The number of Topliss-reactive ketones (excluding diaryl/α,β-unsaturated/α-hetero) is 2. The summed E-state index contributed by atoms with van der Waals surface area (Å²) in [6, 6.07) is 0. The van der Waals surface area contributed by atoms with Gasteiger partial charge in [0.1, 0.15) is 11.6 Å². The van der Waals surface area contributed by atoms with Crippen LogP contribution in [0.3, 0.4) is 0 Å². The average molecular weight is 1640 g/mol. The van der Waals surface area contributed by atoms with Gasteiger partial charge in [0.15, 0.2) is 0 Å². The van der Waals surface area contributed by atoms with E-state index >= 15 is 0 Å². The predicted molar refractivity (Wildman–Crippen MR) is 485 cm³/mol. The third-order valence-corrected chi connectivity index (χ3v) is 45.5. The van der Waals surface area contributed by atoms with Crippen molar-refractivity contribution < 1.29 is 39.1 Å². The number of ether oxygens (including phenoxy) is 3. The summed E-state index contributed by atoms with van der Waals surface area (Å²) in [5.74, 6) is 26.9. The lowest BCUT2D eigenvalue weighted by atomic mass is 9.48. The Balaban J connectivity index is 0.000000104. The van der Waals surface area contributed by atoms with Crippen molar-refractivity contribution in [3.63, 3.8) is 0 Å². The van der Waals surface area contributed by atoms with E-state index in [1.165, 1.54) is 270 Å². The van der Waals surface area contributed by atoms with E-state index in [0.29, 0.717) is 90.3 Å². The molecule has 8 nitrogen and oxygen atoms in total. The van der Waals surface area contributed by atoms with Crippen LogP contribution >= 0.6 is 0 Å². The smallest absolute Gasteiger partial charge is 0.133 e. The Bertz CT molecular complexity index is 3420. The first-order valence-corrected chi connectivity index (χ1v) is 52.9. The summed E-state index contributed by atoms with van der Waals surface area (Å²) in [5, 5.41) is 30.8. The van der Waals surface area contributed by atoms with E-state index in [2.05, 4.69) is 75.3 Å². The van der Waals surface area contributed by atoms with Gasteiger partial charge < -0.3 is 29.5 Å². The standard InChI is InChI=1S/C22H38O.C22H36.C21H34O2.C21H32O2.C20H32O2.C4H8O.B/c1-14(23)19-7-8-20-18-6-5-15-13-21(2,3)11-9-16(15)17(18)10-12-22(19,20)4;1-5-16-7-9-20-19-8-6-15-14-21(2,3)12-10-17(15)18(19)11-13-22(16,20)4;2*1-13(22)18-5-6-19-17-4-3-14-11-21(12-23-21)10-8-15(14)16(17)7-9-20(18,19)2;1-12(21)18-7-8-19-17-5-3-13-11-14(22)4-6-15(13)16(17)9-10-20(18,19)2;1-2-4-5-3-1;/h14-20,23H,5-13H2,1-4H3;5,15,17-20H,6-14H2,1-4H3;13-19,22H,3-12H2,1-2H3;14-19H,3-12H2,1-2H3;12-13,15-19,21H,3-11H2,1-2H3;1-4H2;/t14?,15-,16+,17-,18-,19-,20+,22-;15-,17+,18-,19-,20+,22-;13?,14-,15+,16-,17-,18-,19+,20-,21?;14-,15+,16-,17-,18-,19+,20-,21?;12?,13-,15+,16-,17-,18-,19+,20-;;/m11111../s1. The molecule has 0 aromatic heterocycles. The van der Waals surface area contributed by atoms with Gasteiger partial charge in [0, 0.05) is 40.4 Å². The Morgan fingerprint density at radius 1 is 0.361 bits per heavy atom. The number of ketones is 2. The predicted octanol–water partition coefficient (Wildman–Crippen LogP) is 25.9. The number of carbonyl (C=O) groups excluding carboxylic acids is 2. The lowest BCUT2D eigenvalue weighted by molar-refractivity contribution is -0.129. The number of aliphatic hydroxyl groups excluding tert-OH is 3. The van der Waals surface area contributed by atoms with Crippen LogP contribution in [0.5, 0.6) is 0 Å². The lowest BCUT2D eigenvalue weighted by Crippen LogP contribution is -2.50. The van der Waals surface area contributed by atoms with Crippen molar-refractivity contribution in [3.8, 4) is 0 Å². The fraction of sp³-hybridized carbons (Fsp3) is 0.964. The molecule has 3 aliphatic heterocycles. The Hall–Kier alpha value is -1.10. The van der Waals surface area contributed by atoms with Crippen molar-refractivity contribution in [2.75, 3.05) is 26.4 Å². The van der Waals surface area contributed by atoms with E-state index in [0.717, 1.165) is 181 Å². The Morgan fingerprint density at radius 3 is 1.07 bits per heavy atom. The molecule has 23 aliphatic rings. The summed E-state index contributed by atoms with van der Waals surface area (Å²) < 4.78 is 16.6. The van der Waals surface area contributed by atoms with Gasteiger partial charge in [-0.2, -0.15) is 0 Å². The van der Waals surface area contributed by atoms with E-state index in [-0.39, 0.29) is 26.7 Å². The molecular formula is C110H180BO8. The van der Waals surface area contributed by atoms with Crippen molar-refractivity contribution in [1.82, 2.24) is 0 Å². The van der Waals surface area contributed by atoms with Gasteiger partial charge in [-0.15, -0.1) is 0 Å². The molecule has 119 heavy (non-hydrogen) atoms. The van der Waals surface area contributed by atoms with Crippen molar-refractivity contribution in [3.05, 3.63) is 11.6 Å². The maximum Gasteiger partial charge on any atom is 0.133 e. The van der Waals surface area contributed by atoms with Crippen LogP contribution in [0.25, 0.3) is 0 Å². The fourth-order valence-corrected chi connectivity index (χ4v) is 39.9. The topological polar surface area (TPSA) is 129 Å². The highest BCUT2D eigenvalue weighted by Crippen LogP contribution is 2.72. The molecule has 20 saturated carbocycles. The number of epoxide rings is 2. The molecule has 23 rings (SSSR count). The van der Waals surface area contributed by atoms with Gasteiger partial charge in [-0.25, -0.2) is 0 Å². The van der Waals surface area contributed by atoms with Gasteiger partial charge in [0.05, 0.1) is 42.7 Å². The van der Waals surface area contributed by atoms with E-state index < -0.39 is 0 Å². The zero-order chi connectivity index (χ0) is 82.6. The largest absolute Gasteiger partial charge is 0.393 e. The quantitative estimate of drug-likeness (QED) is 0.144. The van der Waals surface area contributed by atoms with Crippen LogP contribution < -0.4 is 0 Å². The molecule has 23 fully saturated rings. The van der Waals surface area contributed by atoms with Crippen LogP contribution in [0, 0.1) is 210 Å². The summed E-state index contributed by atoms with van der Waals surface area (Å²) in [4.78, 5) is 24.0. The number of hydrogen-bond donors (Lipinski definition) is 3. The molecule has 9 heteroatoms. The summed E-state index contributed by atoms with van der Waals surface area (Å²) in [6.07, 6.45) is 66.8. The van der Waals surface area contributed by atoms with Crippen molar-refractivity contribution in [2.24, 2.45) is 210 Å². The second kappa shape index (κ2) is 34.6. The number of rotatable bonds is 4. The summed E-state index contributed by atoms with van der Waals surface area (Å²) in [7, 11) is 0. The molecule has 5 unspecified atom stereocenters. The van der Waals surface area contributed by atoms with E-state index in [9.17, 15) is 24.9 Å². The minimum absolute atomic E-state index is 0. The highest BCUT2D eigenvalue weighted by Gasteiger charge is 2.66. The summed E-state index contributed by atoms with van der Waals surface area (Å²) in [6.45, 7) is 37.0. The molecule has 3 radical (unpaired) electrons. The van der Waals surface area contributed by atoms with Gasteiger partial charge in [-0.05, 0) is 527 Å². The summed E-state index contributed by atoms with van der Waals surface area (Å²) in [5.41, 5.74) is 5.88. The van der Waals surface area contributed by atoms with E-state index in [1.54, 1.807) is 19.3 Å². The van der Waals surface area contributed by atoms with Gasteiger partial charge >= 0.3 is 0 Å². The molecule has 671 valence electrons. The molecule has 3 N–H and O–H groups in total. The first kappa shape index (κ1) is 89.9. The minimum atomic E-state index is -0.143. The molecule has 39 atom stereocenters. The summed E-state index contributed by atoms with van der Waals surface area (Å²) >= 11 is 0. The Kier molecular flexibility index (Phi) is 26.2.